The van der Waals surface area contributed by atoms with E-state index in [4.69, 9.17) is 0 Å². The van der Waals surface area contributed by atoms with Crippen LogP contribution in [0, 0.1) is 4.91 Å². The van der Waals surface area contributed by atoms with Crippen molar-refractivity contribution in [2.24, 2.45) is 5.29 Å². The molecule has 0 unspecified atom stereocenters. The van der Waals surface area contributed by atoms with E-state index in [1.807, 2.05) is 0 Å². The fraction of sp³-hybridized carbons (Fsp3) is 0. The number of hydrogen-bond donors (Lipinski definition) is 0. The van der Waals surface area contributed by atoms with Gasteiger partial charge in [-0.1, -0.05) is 18.7 Å². The molecule has 0 saturated heterocycles. The van der Waals surface area contributed by atoms with Gasteiger partial charge in [0, 0.05) is 0 Å². The fourth-order valence-electron chi connectivity index (χ4n) is 1.45. The third-order valence-electron chi connectivity index (χ3n) is 2.21. The SMILES string of the molecule is C=Cc1ccc2c(c1)C(=O)N(N=O)C2=O. The van der Waals surface area contributed by atoms with E-state index in [1.54, 1.807) is 12.1 Å². The lowest BCUT2D eigenvalue weighted by atomic mass is 10.1. The average Bonchev–Trinajstić information content (AvgIpc) is 2.51. The number of carbonyl (C=O) groups is 2. The van der Waals surface area contributed by atoms with Crippen LogP contribution in [0.5, 0.6) is 0 Å². The lowest BCUT2D eigenvalue weighted by Crippen LogP contribution is -2.22. The molecule has 0 N–H and O–H groups in total. The Morgan fingerprint density at radius 2 is 1.87 bits per heavy atom. The molecule has 2 rings (SSSR count). The highest BCUT2D eigenvalue weighted by molar-refractivity contribution is 6.21. The third-order valence-corrected chi connectivity index (χ3v) is 2.21. The van der Waals surface area contributed by atoms with E-state index in [0.29, 0.717) is 10.6 Å². The molecule has 1 aliphatic heterocycles. The number of nitroso groups, excluding NO2 is 1. The van der Waals surface area contributed by atoms with Crippen molar-refractivity contribution in [1.29, 1.82) is 0 Å². The standard InChI is InChI=1S/C10H6N2O3/c1-2-6-3-4-7-8(5-6)10(14)12(11-15)9(7)13/h2-5H,1H2. The highest BCUT2D eigenvalue weighted by Crippen LogP contribution is 2.24. The largest absolute Gasteiger partial charge is 0.284 e. The number of rotatable bonds is 2. The van der Waals surface area contributed by atoms with Gasteiger partial charge in [0.1, 0.15) is 0 Å². The minimum atomic E-state index is -0.686. The first-order valence-corrected chi connectivity index (χ1v) is 4.17. The van der Waals surface area contributed by atoms with Crippen LogP contribution in [-0.2, 0) is 0 Å². The van der Waals surface area contributed by atoms with Gasteiger partial charge in [-0.2, -0.15) is 0 Å². The maximum Gasteiger partial charge on any atom is 0.284 e. The van der Waals surface area contributed by atoms with Crippen LogP contribution >= 0.6 is 0 Å². The van der Waals surface area contributed by atoms with Crippen molar-refractivity contribution >= 4 is 17.9 Å². The zero-order valence-electron chi connectivity index (χ0n) is 7.64. The van der Waals surface area contributed by atoms with Crippen molar-refractivity contribution in [2.75, 3.05) is 0 Å². The number of nitrogens with zero attached hydrogens (tertiary/aromatic N) is 2. The minimum Gasteiger partial charge on any atom is -0.266 e. The second kappa shape index (κ2) is 3.13. The van der Waals surface area contributed by atoms with Gasteiger partial charge in [0.2, 0.25) is 0 Å². The maximum absolute atomic E-state index is 11.5. The van der Waals surface area contributed by atoms with Gasteiger partial charge in [0.15, 0.2) is 0 Å². The van der Waals surface area contributed by atoms with Gasteiger partial charge in [0.25, 0.3) is 11.8 Å². The summed E-state index contributed by atoms with van der Waals surface area (Å²) in [5.74, 6) is -1.37. The topological polar surface area (TPSA) is 66.8 Å². The molecule has 0 radical (unpaired) electrons. The summed E-state index contributed by atoms with van der Waals surface area (Å²) in [6, 6.07) is 4.64. The summed E-state index contributed by atoms with van der Waals surface area (Å²) in [5, 5.41) is 2.70. The van der Waals surface area contributed by atoms with E-state index >= 15 is 0 Å². The van der Waals surface area contributed by atoms with Crippen molar-refractivity contribution < 1.29 is 9.59 Å². The Labute approximate surface area is 84.9 Å². The zero-order valence-corrected chi connectivity index (χ0v) is 7.64. The molecule has 1 aromatic rings. The molecule has 0 aliphatic carbocycles. The molecule has 1 aliphatic rings. The van der Waals surface area contributed by atoms with Crippen molar-refractivity contribution in [3.8, 4) is 0 Å². The monoisotopic (exact) mass is 202 g/mol. The Morgan fingerprint density at radius 3 is 2.47 bits per heavy atom. The number of amides is 2. The third kappa shape index (κ3) is 1.17. The molecule has 0 saturated carbocycles. The molecular formula is C10H6N2O3. The van der Waals surface area contributed by atoms with Crippen LogP contribution in [0.15, 0.2) is 30.1 Å². The van der Waals surface area contributed by atoms with E-state index in [2.05, 4.69) is 11.9 Å². The van der Waals surface area contributed by atoms with Crippen LogP contribution in [0.2, 0.25) is 0 Å². The van der Waals surface area contributed by atoms with Crippen LogP contribution in [0.1, 0.15) is 26.3 Å². The highest BCUT2D eigenvalue weighted by Gasteiger charge is 2.36. The lowest BCUT2D eigenvalue weighted by molar-refractivity contribution is 0.0656. The summed E-state index contributed by atoms with van der Waals surface area (Å²) < 4.78 is 0. The summed E-state index contributed by atoms with van der Waals surface area (Å²) in [5.41, 5.74) is 1.10. The Morgan fingerprint density at radius 1 is 1.20 bits per heavy atom. The molecule has 5 nitrogen and oxygen atoms in total. The van der Waals surface area contributed by atoms with Gasteiger partial charge < -0.3 is 0 Å². The van der Waals surface area contributed by atoms with Crippen LogP contribution < -0.4 is 0 Å². The number of fused-ring (bicyclic) bond motifs is 1. The van der Waals surface area contributed by atoms with E-state index < -0.39 is 11.8 Å². The number of carbonyl (C=O) groups excluding carboxylic acids is 2. The molecule has 1 heterocycles. The van der Waals surface area contributed by atoms with Crippen LogP contribution in [0.25, 0.3) is 6.08 Å². The first-order chi connectivity index (χ1) is 7.19. The molecule has 0 aromatic heterocycles. The smallest absolute Gasteiger partial charge is 0.266 e. The number of benzene rings is 1. The van der Waals surface area contributed by atoms with Crippen LogP contribution in [0.3, 0.4) is 0 Å². The summed E-state index contributed by atoms with van der Waals surface area (Å²) in [6.07, 6.45) is 1.55. The second-order valence-corrected chi connectivity index (χ2v) is 3.01. The number of hydrogen-bond acceptors (Lipinski definition) is 4. The van der Waals surface area contributed by atoms with Crippen LogP contribution in [-0.4, -0.2) is 16.8 Å². The molecule has 0 atom stereocenters. The molecular weight excluding hydrogens is 196 g/mol. The predicted octanol–water partition coefficient (Wildman–Crippen LogP) is 1.61. The highest BCUT2D eigenvalue weighted by atomic mass is 16.3. The van der Waals surface area contributed by atoms with Crippen molar-refractivity contribution in [3.05, 3.63) is 46.4 Å². The lowest BCUT2D eigenvalue weighted by Gasteiger charge is -1.97. The normalized spacial score (nSPS) is 14.0. The van der Waals surface area contributed by atoms with E-state index in [-0.39, 0.29) is 11.1 Å². The molecule has 0 fully saturated rings. The molecule has 2 amide bonds. The molecule has 1 aromatic carbocycles. The zero-order chi connectivity index (χ0) is 11.0. The van der Waals surface area contributed by atoms with Gasteiger partial charge >= 0.3 is 0 Å². The molecule has 0 spiro atoms. The molecule has 0 bridgehead atoms. The van der Waals surface area contributed by atoms with Gasteiger partial charge in [0.05, 0.1) is 16.4 Å². The fourth-order valence-corrected chi connectivity index (χ4v) is 1.45. The van der Waals surface area contributed by atoms with Crippen LogP contribution in [0.4, 0.5) is 0 Å². The summed E-state index contributed by atoms with van der Waals surface area (Å²) in [7, 11) is 0. The van der Waals surface area contributed by atoms with Gasteiger partial charge in [-0.3, -0.25) is 9.59 Å². The summed E-state index contributed by atoms with van der Waals surface area (Å²) >= 11 is 0. The quantitative estimate of drug-likeness (QED) is 0.540. The van der Waals surface area contributed by atoms with Crippen molar-refractivity contribution in [3.63, 3.8) is 0 Å². The Balaban J connectivity index is 2.62. The Bertz CT molecular complexity index is 493. The Hall–Kier alpha value is -2.30. The second-order valence-electron chi connectivity index (χ2n) is 3.01. The average molecular weight is 202 g/mol. The molecule has 15 heavy (non-hydrogen) atoms. The molecule has 74 valence electrons. The molecule has 5 heteroatoms. The van der Waals surface area contributed by atoms with E-state index in [1.165, 1.54) is 12.1 Å². The van der Waals surface area contributed by atoms with Crippen molar-refractivity contribution in [1.82, 2.24) is 5.01 Å². The maximum atomic E-state index is 11.5. The van der Waals surface area contributed by atoms with E-state index in [0.717, 1.165) is 0 Å². The van der Waals surface area contributed by atoms with Crippen molar-refractivity contribution in [2.45, 2.75) is 0 Å². The Kier molecular flexibility index (Phi) is 1.93. The number of imide groups is 1. The summed E-state index contributed by atoms with van der Waals surface area (Å²) in [6.45, 7) is 3.54. The first kappa shape index (κ1) is 9.26. The van der Waals surface area contributed by atoms with Gasteiger partial charge in [-0.15, -0.1) is 9.92 Å². The summed E-state index contributed by atoms with van der Waals surface area (Å²) in [4.78, 5) is 33.2. The van der Waals surface area contributed by atoms with Gasteiger partial charge in [-0.25, -0.2) is 0 Å². The van der Waals surface area contributed by atoms with Gasteiger partial charge in [-0.05, 0) is 17.7 Å². The minimum absolute atomic E-state index is 0.192. The predicted molar refractivity (Wildman–Crippen MR) is 52.8 cm³/mol. The first-order valence-electron chi connectivity index (χ1n) is 4.17. The van der Waals surface area contributed by atoms with E-state index in [9.17, 15) is 14.5 Å².